The average molecular weight is 237 g/mol. The highest BCUT2D eigenvalue weighted by Crippen LogP contribution is 2.23. The Bertz CT molecular complexity index is 356. The van der Waals surface area contributed by atoms with Crippen molar-refractivity contribution in [3.05, 3.63) is 11.9 Å². The SMILES string of the molecule is COCC(C)n1cc(C)nc1NC1CCCC1. The lowest BCUT2D eigenvalue weighted by Crippen LogP contribution is -2.20. The summed E-state index contributed by atoms with van der Waals surface area (Å²) in [7, 11) is 1.74. The number of nitrogens with zero attached hydrogens (tertiary/aromatic N) is 2. The zero-order valence-electron chi connectivity index (χ0n) is 11.1. The van der Waals surface area contributed by atoms with Crippen LogP contribution in [-0.4, -0.2) is 29.3 Å². The van der Waals surface area contributed by atoms with Gasteiger partial charge in [-0.25, -0.2) is 4.98 Å². The fourth-order valence-electron chi connectivity index (χ4n) is 2.53. The topological polar surface area (TPSA) is 39.1 Å². The summed E-state index contributed by atoms with van der Waals surface area (Å²) in [5.74, 6) is 0.999. The van der Waals surface area contributed by atoms with Crippen molar-refractivity contribution in [1.82, 2.24) is 9.55 Å². The van der Waals surface area contributed by atoms with Crippen molar-refractivity contribution >= 4 is 5.95 Å². The Morgan fingerprint density at radius 1 is 1.53 bits per heavy atom. The zero-order chi connectivity index (χ0) is 12.3. The van der Waals surface area contributed by atoms with E-state index in [1.807, 2.05) is 6.92 Å². The van der Waals surface area contributed by atoms with E-state index in [0.29, 0.717) is 12.1 Å². The Balaban J connectivity index is 2.08. The average Bonchev–Trinajstić information content (AvgIpc) is 2.89. The van der Waals surface area contributed by atoms with E-state index in [9.17, 15) is 0 Å². The lowest BCUT2D eigenvalue weighted by Gasteiger charge is -2.18. The second-order valence-electron chi connectivity index (χ2n) is 5.04. The van der Waals surface area contributed by atoms with Gasteiger partial charge in [-0.05, 0) is 26.7 Å². The number of hydrogen-bond donors (Lipinski definition) is 1. The lowest BCUT2D eigenvalue weighted by molar-refractivity contribution is 0.163. The summed E-state index contributed by atoms with van der Waals surface area (Å²) in [5.41, 5.74) is 1.06. The molecule has 96 valence electrons. The minimum atomic E-state index is 0.324. The highest BCUT2D eigenvalue weighted by Gasteiger charge is 2.18. The third-order valence-electron chi connectivity index (χ3n) is 3.42. The Labute approximate surface area is 103 Å². The summed E-state index contributed by atoms with van der Waals surface area (Å²) in [5, 5.41) is 3.57. The van der Waals surface area contributed by atoms with Crippen LogP contribution in [0.3, 0.4) is 0 Å². The number of nitrogens with one attached hydrogen (secondary N) is 1. The summed E-state index contributed by atoms with van der Waals surface area (Å²) >= 11 is 0. The maximum atomic E-state index is 5.22. The maximum absolute atomic E-state index is 5.22. The molecule has 1 aromatic heterocycles. The minimum Gasteiger partial charge on any atom is -0.383 e. The van der Waals surface area contributed by atoms with Gasteiger partial charge in [0.1, 0.15) is 0 Å². The Morgan fingerprint density at radius 3 is 2.88 bits per heavy atom. The summed E-state index contributed by atoms with van der Waals surface area (Å²) in [4.78, 5) is 4.57. The molecule has 0 bridgehead atoms. The first kappa shape index (κ1) is 12.4. The molecule has 1 aliphatic rings. The smallest absolute Gasteiger partial charge is 0.203 e. The molecule has 17 heavy (non-hydrogen) atoms. The highest BCUT2D eigenvalue weighted by atomic mass is 16.5. The van der Waals surface area contributed by atoms with E-state index >= 15 is 0 Å². The first-order valence-corrected chi connectivity index (χ1v) is 6.51. The van der Waals surface area contributed by atoms with Crippen LogP contribution in [0.2, 0.25) is 0 Å². The number of aryl methyl sites for hydroxylation is 1. The molecular weight excluding hydrogens is 214 g/mol. The van der Waals surface area contributed by atoms with E-state index < -0.39 is 0 Å². The number of imidazole rings is 1. The van der Waals surface area contributed by atoms with Gasteiger partial charge in [-0.3, -0.25) is 0 Å². The molecular formula is C13H23N3O. The van der Waals surface area contributed by atoms with Gasteiger partial charge in [0.05, 0.1) is 18.3 Å². The normalized spacial score (nSPS) is 18.5. The van der Waals surface area contributed by atoms with Gasteiger partial charge < -0.3 is 14.6 Å². The molecule has 1 aromatic rings. The molecule has 0 saturated heterocycles. The van der Waals surface area contributed by atoms with Gasteiger partial charge in [0.15, 0.2) is 0 Å². The third kappa shape index (κ3) is 3.00. The van der Waals surface area contributed by atoms with Crippen molar-refractivity contribution < 1.29 is 4.74 Å². The van der Waals surface area contributed by atoms with E-state index in [2.05, 4.69) is 28.0 Å². The standard InChI is InChI=1S/C13H23N3O/c1-10-8-16(11(2)9-17-3)13(14-10)15-12-6-4-5-7-12/h8,11-12H,4-7,9H2,1-3H3,(H,14,15). The van der Waals surface area contributed by atoms with Crippen molar-refractivity contribution in [2.75, 3.05) is 19.0 Å². The van der Waals surface area contributed by atoms with Gasteiger partial charge in [0.2, 0.25) is 5.95 Å². The number of ether oxygens (including phenoxy) is 1. The maximum Gasteiger partial charge on any atom is 0.203 e. The molecule has 0 radical (unpaired) electrons. The van der Waals surface area contributed by atoms with Crippen LogP contribution in [0.1, 0.15) is 44.3 Å². The minimum absolute atomic E-state index is 0.324. The van der Waals surface area contributed by atoms with Crippen molar-refractivity contribution in [3.63, 3.8) is 0 Å². The Hall–Kier alpha value is -1.03. The summed E-state index contributed by atoms with van der Waals surface area (Å²) in [6, 6.07) is 0.926. The number of aromatic nitrogens is 2. The molecule has 1 heterocycles. The fourth-order valence-corrected chi connectivity index (χ4v) is 2.53. The molecule has 4 heteroatoms. The number of rotatable bonds is 5. The number of anilines is 1. The molecule has 1 atom stereocenters. The predicted molar refractivity (Wildman–Crippen MR) is 69.4 cm³/mol. The van der Waals surface area contributed by atoms with E-state index in [4.69, 9.17) is 4.74 Å². The Morgan fingerprint density at radius 2 is 2.24 bits per heavy atom. The predicted octanol–water partition coefficient (Wildman–Crippen LogP) is 2.75. The van der Waals surface area contributed by atoms with Crippen LogP contribution in [0.25, 0.3) is 0 Å². The molecule has 4 nitrogen and oxygen atoms in total. The number of hydrogen-bond acceptors (Lipinski definition) is 3. The van der Waals surface area contributed by atoms with E-state index in [0.717, 1.165) is 18.2 Å². The van der Waals surface area contributed by atoms with Crippen molar-refractivity contribution in [3.8, 4) is 0 Å². The van der Waals surface area contributed by atoms with E-state index in [1.54, 1.807) is 7.11 Å². The van der Waals surface area contributed by atoms with Crippen LogP contribution in [0.15, 0.2) is 6.20 Å². The second kappa shape index (κ2) is 5.54. The molecule has 1 N–H and O–H groups in total. The molecule has 0 amide bonds. The van der Waals surface area contributed by atoms with Crippen LogP contribution in [0.4, 0.5) is 5.95 Å². The molecule has 1 saturated carbocycles. The summed E-state index contributed by atoms with van der Waals surface area (Å²) in [6.45, 7) is 4.91. The quantitative estimate of drug-likeness (QED) is 0.856. The lowest BCUT2D eigenvalue weighted by atomic mass is 10.2. The first-order valence-electron chi connectivity index (χ1n) is 6.51. The second-order valence-corrected chi connectivity index (χ2v) is 5.04. The monoisotopic (exact) mass is 237 g/mol. The van der Waals surface area contributed by atoms with Gasteiger partial charge in [0, 0.05) is 19.3 Å². The van der Waals surface area contributed by atoms with Crippen molar-refractivity contribution in [1.29, 1.82) is 0 Å². The largest absolute Gasteiger partial charge is 0.383 e. The zero-order valence-corrected chi connectivity index (χ0v) is 11.1. The summed E-state index contributed by atoms with van der Waals surface area (Å²) < 4.78 is 7.41. The van der Waals surface area contributed by atoms with Crippen LogP contribution in [0.5, 0.6) is 0 Å². The first-order chi connectivity index (χ1) is 8.20. The highest BCUT2D eigenvalue weighted by molar-refractivity contribution is 5.31. The molecule has 0 aromatic carbocycles. The molecule has 0 spiro atoms. The van der Waals surface area contributed by atoms with Crippen LogP contribution >= 0.6 is 0 Å². The molecule has 1 aliphatic carbocycles. The van der Waals surface area contributed by atoms with Crippen molar-refractivity contribution in [2.45, 2.75) is 51.6 Å². The summed E-state index contributed by atoms with van der Waals surface area (Å²) in [6.07, 6.45) is 7.31. The van der Waals surface area contributed by atoms with Crippen LogP contribution < -0.4 is 5.32 Å². The molecule has 2 rings (SSSR count). The molecule has 1 fully saturated rings. The molecule has 1 unspecified atom stereocenters. The molecule has 0 aliphatic heterocycles. The van der Waals surface area contributed by atoms with Gasteiger partial charge in [-0.2, -0.15) is 0 Å². The fraction of sp³-hybridized carbons (Fsp3) is 0.769. The van der Waals surface area contributed by atoms with Gasteiger partial charge in [0.25, 0.3) is 0 Å². The van der Waals surface area contributed by atoms with E-state index in [-0.39, 0.29) is 0 Å². The third-order valence-corrected chi connectivity index (χ3v) is 3.42. The van der Waals surface area contributed by atoms with Gasteiger partial charge in [-0.15, -0.1) is 0 Å². The van der Waals surface area contributed by atoms with E-state index in [1.165, 1.54) is 25.7 Å². The van der Waals surface area contributed by atoms with Gasteiger partial charge >= 0.3 is 0 Å². The number of methoxy groups -OCH3 is 1. The Kier molecular flexibility index (Phi) is 4.05. The van der Waals surface area contributed by atoms with Crippen LogP contribution in [-0.2, 0) is 4.74 Å². The van der Waals surface area contributed by atoms with Gasteiger partial charge in [-0.1, -0.05) is 12.8 Å². The van der Waals surface area contributed by atoms with Crippen LogP contribution in [0, 0.1) is 6.92 Å². The van der Waals surface area contributed by atoms with Crippen molar-refractivity contribution in [2.24, 2.45) is 0 Å².